The van der Waals surface area contributed by atoms with E-state index in [2.05, 4.69) is 39.2 Å². The lowest BCUT2D eigenvalue weighted by Crippen LogP contribution is -2.43. The van der Waals surface area contributed by atoms with E-state index < -0.39 is 0 Å². The molecular formula is C20H29N5. The predicted molar refractivity (Wildman–Crippen MR) is 98.8 cm³/mol. The highest BCUT2D eigenvalue weighted by atomic mass is 15.3. The van der Waals surface area contributed by atoms with Crippen molar-refractivity contribution in [2.45, 2.75) is 38.4 Å². The lowest BCUT2D eigenvalue weighted by atomic mass is 9.77. The molecule has 3 atom stereocenters. The van der Waals surface area contributed by atoms with Gasteiger partial charge in [-0.3, -0.25) is 19.5 Å². The fourth-order valence-corrected chi connectivity index (χ4v) is 4.92. The summed E-state index contributed by atoms with van der Waals surface area (Å²) in [6, 6.07) is 4.92. The topological polar surface area (TPSA) is 37.2 Å². The van der Waals surface area contributed by atoms with Crippen molar-refractivity contribution in [2.24, 2.45) is 18.9 Å². The molecule has 3 heterocycles. The summed E-state index contributed by atoms with van der Waals surface area (Å²) in [5.74, 6) is 1.65. The van der Waals surface area contributed by atoms with Crippen LogP contribution in [0.25, 0.3) is 0 Å². The molecule has 1 aliphatic heterocycles. The van der Waals surface area contributed by atoms with Crippen LogP contribution in [0.5, 0.6) is 0 Å². The molecule has 0 N–H and O–H groups in total. The van der Waals surface area contributed by atoms with Gasteiger partial charge in [0.2, 0.25) is 0 Å². The highest BCUT2D eigenvalue weighted by Gasteiger charge is 2.41. The molecule has 0 spiro atoms. The zero-order valence-electron chi connectivity index (χ0n) is 15.4. The first kappa shape index (κ1) is 16.7. The molecule has 2 fully saturated rings. The molecule has 4 rings (SSSR count). The molecule has 1 saturated heterocycles. The summed E-state index contributed by atoms with van der Waals surface area (Å²) < 4.78 is 1.91. The Balaban J connectivity index is 1.40. The summed E-state index contributed by atoms with van der Waals surface area (Å²) in [6.45, 7) is 4.52. The highest BCUT2D eigenvalue weighted by molar-refractivity contribution is 5.09. The summed E-state index contributed by atoms with van der Waals surface area (Å²) in [4.78, 5) is 9.48. The van der Waals surface area contributed by atoms with Gasteiger partial charge in [0.25, 0.3) is 0 Å². The van der Waals surface area contributed by atoms with Crippen molar-refractivity contribution in [1.82, 2.24) is 24.6 Å². The van der Waals surface area contributed by atoms with Crippen molar-refractivity contribution < 1.29 is 0 Å². The number of aryl methyl sites for hydroxylation is 1. The van der Waals surface area contributed by atoms with Gasteiger partial charge in [-0.15, -0.1) is 0 Å². The maximum Gasteiger partial charge on any atom is 0.0534 e. The van der Waals surface area contributed by atoms with Gasteiger partial charge in [0.15, 0.2) is 0 Å². The van der Waals surface area contributed by atoms with Crippen LogP contribution in [0.1, 0.15) is 30.4 Å². The fraction of sp³-hybridized carbons (Fsp3) is 0.600. The molecule has 0 aromatic carbocycles. The Morgan fingerprint density at radius 1 is 1.20 bits per heavy atom. The van der Waals surface area contributed by atoms with Crippen molar-refractivity contribution >= 4 is 0 Å². The maximum absolute atomic E-state index is 4.32. The Hall–Kier alpha value is -1.72. The molecule has 1 aliphatic carbocycles. The van der Waals surface area contributed by atoms with Crippen LogP contribution < -0.4 is 0 Å². The van der Waals surface area contributed by atoms with Crippen LogP contribution in [0.3, 0.4) is 0 Å². The minimum Gasteiger partial charge on any atom is -0.299 e. The Morgan fingerprint density at radius 3 is 2.88 bits per heavy atom. The fourth-order valence-electron chi connectivity index (χ4n) is 4.92. The number of aromatic nitrogens is 3. The van der Waals surface area contributed by atoms with Gasteiger partial charge in [0, 0.05) is 63.4 Å². The molecule has 2 aliphatic rings. The summed E-state index contributed by atoms with van der Waals surface area (Å²) in [7, 11) is 4.29. The number of nitrogens with zero attached hydrogens (tertiary/aromatic N) is 5. The van der Waals surface area contributed by atoms with Crippen molar-refractivity contribution in [3.05, 3.63) is 48.0 Å². The number of fused-ring (bicyclic) bond motifs is 1. The van der Waals surface area contributed by atoms with Crippen LogP contribution >= 0.6 is 0 Å². The largest absolute Gasteiger partial charge is 0.299 e. The Morgan fingerprint density at radius 2 is 2.12 bits per heavy atom. The summed E-state index contributed by atoms with van der Waals surface area (Å²) in [5, 5.41) is 4.32. The number of pyridine rings is 1. The third-order valence-corrected chi connectivity index (χ3v) is 6.02. The van der Waals surface area contributed by atoms with E-state index in [9.17, 15) is 0 Å². The predicted octanol–water partition coefficient (Wildman–Crippen LogP) is 2.55. The molecule has 5 nitrogen and oxygen atoms in total. The van der Waals surface area contributed by atoms with Crippen molar-refractivity contribution in [2.75, 3.05) is 20.1 Å². The van der Waals surface area contributed by atoms with E-state index >= 15 is 0 Å². The third kappa shape index (κ3) is 3.77. The van der Waals surface area contributed by atoms with Gasteiger partial charge in [0.05, 0.1) is 6.20 Å². The monoisotopic (exact) mass is 339 g/mol. The van der Waals surface area contributed by atoms with E-state index in [1.165, 1.54) is 43.5 Å². The molecule has 5 heteroatoms. The SMILES string of the molecule is CN(Cc1cccnc1)[C@H]1CCC[C@@H]2CN(Cc3cnn(C)c3)C[C@@H]21. The van der Waals surface area contributed by atoms with E-state index in [1.54, 1.807) is 0 Å². The first-order chi connectivity index (χ1) is 12.2. The maximum atomic E-state index is 4.32. The van der Waals surface area contributed by atoms with Gasteiger partial charge in [-0.25, -0.2) is 0 Å². The normalized spacial score (nSPS) is 26.9. The number of likely N-dealkylation sites (tertiary alicyclic amines) is 1. The molecule has 0 amide bonds. The molecule has 0 bridgehead atoms. The minimum absolute atomic E-state index is 0.692. The third-order valence-electron chi connectivity index (χ3n) is 6.02. The Labute approximate surface area is 150 Å². The van der Waals surface area contributed by atoms with E-state index in [4.69, 9.17) is 0 Å². The van der Waals surface area contributed by atoms with Gasteiger partial charge in [-0.2, -0.15) is 5.10 Å². The first-order valence-electron chi connectivity index (χ1n) is 9.48. The summed E-state index contributed by atoms with van der Waals surface area (Å²) in [5.41, 5.74) is 2.65. The van der Waals surface area contributed by atoms with E-state index in [-0.39, 0.29) is 0 Å². The van der Waals surface area contributed by atoms with E-state index in [0.29, 0.717) is 6.04 Å². The lowest BCUT2D eigenvalue weighted by Gasteiger charge is -2.39. The number of rotatable bonds is 5. The van der Waals surface area contributed by atoms with E-state index in [1.807, 2.05) is 36.4 Å². The molecule has 134 valence electrons. The van der Waals surface area contributed by atoms with Crippen molar-refractivity contribution in [1.29, 1.82) is 0 Å². The smallest absolute Gasteiger partial charge is 0.0534 e. The molecule has 1 saturated carbocycles. The average molecular weight is 339 g/mol. The van der Waals surface area contributed by atoms with Crippen LogP contribution in [0.4, 0.5) is 0 Å². The van der Waals surface area contributed by atoms with Crippen LogP contribution in [0.15, 0.2) is 36.9 Å². The zero-order chi connectivity index (χ0) is 17.2. The molecular weight excluding hydrogens is 310 g/mol. The van der Waals surface area contributed by atoms with E-state index in [0.717, 1.165) is 24.9 Å². The highest BCUT2D eigenvalue weighted by Crippen LogP contribution is 2.39. The van der Waals surface area contributed by atoms with Crippen molar-refractivity contribution in [3.63, 3.8) is 0 Å². The molecule has 0 unspecified atom stereocenters. The average Bonchev–Trinajstić information content (AvgIpc) is 3.21. The molecule has 2 aromatic heterocycles. The zero-order valence-corrected chi connectivity index (χ0v) is 15.4. The Bertz CT molecular complexity index is 682. The molecule has 25 heavy (non-hydrogen) atoms. The number of hydrogen-bond donors (Lipinski definition) is 0. The molecule has 0 radical (unpaired) electrons. The quantitative estimate of drug-likeness (QED) is 0.839. The standard InChI is InChI=1S/C20H29N5/c1-23(11-16-5-4-8-21-9-16)20-7-3-6-18-14-25(15-19(18)20)13-17-10-22-24(2)12-17/h4-5,8-10,12,18-20H,3,6-7,11,13-15H2,1-2H3/t18-,19+,20+/m1/s1. The summed E-state index contributed by atoms with van der Waals surface area (Å²) >= 11 is 0. The molecule has 2 aromatic rings. The second-order valence-electron chi connectivity index (χ2n) is 7.91. The van der Waals surface area contributed by atoms with Crippen LogP contribution in [0.2, 0.25) is 0 Å². The van der Waals surface area contributed by atoms with Crippen LogP contribution in [-0.2, 0) is 20.1 Å². The van der Waals surface area contributed by atoms with Gasteiger partial charge in [-0.1, -0.05) is 12.5 Å². The van der Waals surface area contributed by atoms with Gasteiger partial charge >= 0.3 is 0 Å². The lowest BCUT2D eigenvalue weighted by molar-refractivity contribution is 0.105. The van der Waals surface area contributed by atoms with Gasteiger partial charge in [-0.05, 0) is 43.4 Å². The second-order valence-corrected chi connectivity index (χ2v) is 7.91. The van der Waals surface area contributed by atoms with Gasteiger partial charge < -0.3 is 0 Å². The van der Waals surface area contributed by atoms with Gasteiger partial charge in [0.1, 0.15) is 0 Å². The summed E-state index contributed by atoms with van der Waals surface area (Å²) in [6.07, 6.45) is 12.1. The second kappa shape index (κ2) is 7.26. The first-order valence-corrected chi connectivity index (χ1v) is 9.48. The van der Waals surface area contributed by atoms with Crippen molar-refractivity contribution in [3.8, 4) is 0 Å². The van der Waals surface area contributed by atoms with Crippen LogP contribution in [0, 0.1) is 11.8 Å². The minimum atomic E-state index is 0.692. The van der Waals surface area contributed by atoms with Crippen LogP contribution in [-0.4, -0.2) is 50.7 Å². The Kier molecular flexibility index (Phi) is 4.86. The number of hydrogen-bond acceptors (Lipinski definition) is 4.